The first kappa shape index (κ1) is 16.6. The van der Waals surface area contributed by atoms with Gasteiger partial charge >= 0.3 is 6.09 Å². The van der Waals surface area contributed by atoms with Crippen LogP contribution in [0.5, 0.6) is 0 Å². The third kappa shape index (κ3) is 4.58. The maximum atomic E-state index is 12.5. The normalized spacial score (nSPS) is 11.3. The molecule has 3 nitrogen and oxygen atoms in total. The van der Waals surface area contributed by atoms with Crippen LogP contribution in [0.2, 0.25) is 0 Å². The molecule has 1 atom stereocenters. The first-order valence-corrected chi connectivity index (χ1v) is 7.52. The highest BCUT2D eigenvalue weighted by molar-refractivity contribution is 5.69. The molecule has 3 heteroatoms. The summed E-state index contributed by atoms with van der Waals surface area (Å²) >= 11 is 0. The van der Waals surface area contributed by atoms with Crippen molar-refractivity contribution in [3.05, 3.63) is 97.1 Å². The summed E-state index contributed by atoms with van der Waals surface area (Å²) in [5.41, 5.74) is 1.94. The summed E-state index contributed by atoms with van der Waals surface area (Å²) in [6.45, 7) is 8.22. The Morgan fingerprint density at radius 2 is 1.65 bits per heavy atom. The molecule has 23 heavy (non-hydrogen) atoms. The van der Waals surface area contributed by atoms with Gasteiger partial charge in [0, 0.05) is 6.54 Å². The van der Waals surface area contributed by atoms with Gasteiger partial charge in [0.2, 0.25) is 0 Å². The SMILES string of the molecule is C=CCN(C(=O)OCc1ccccc1)[C@@H](C=C)c1ccccc1. The van der Waals surface area contributed by atoms with Gasteiger partial charge in [0.1, 0.15) is 6.61 Å². The molecule has 0 N–H and O–H groups in total. The van der Waals surface area contributed by atoms with Crippen LogP contribution in [0.15, 0.2) is 86.0 Å². The van der Waals surface area contributed by atoms with Crippen molar-refractivity contribution < 1.29 is 9.53 Å². The molecule has 0 bridgehead atoms. The van der Waals surface area contributed by atoms with Crippen LogP contribution in [0.25, 0.3) is 0 Å². The smallest absolute Gasteiger partial charge is 0.411 e. The zero-order valence-corrected chi connectivity index (χ0v) is 13.1. The lowest BCUT2D eigenvalue weighted by atomic mass is 10.1. The van der Waals surface area contributed by atoms with Gasteiger partial charge in [-0.3, -0.25) is 4.90 Å². The number of benzene rings is 2. The monoisotopic (exact) mass is 307 g/mol. The van der Waals surface area contributed by atoms with E-state index >= 15 is 0 Å². The van der Waals surface area contributed by atoms with Crippen molar-refractivity contribution in [2.24, 2.45) is 0 Å². The number of hydrogen-bond donors (Lipinski definition) is 0. The zero-order chi connectivity index (χ0) is 16.5. The molecule has 0 saturated carbocycles. The summed E-state index contributed by atoms with van der Waals surface area (Å²) in [6.07, 6.45) is 3.04. The maximum absolute atomic E-state index is 12.5. The van der Waals surface area contributed by atoms with Crippen LogP contribution in [0.3, 0.4) is 0 Å². The van der Waals surface area contributed by atoms with Gasteiger partial charge < -0.3 is 4.74 Å². The van der Waals surface area contributed by atoms with Crippen molar-refractivity contribution in [3.63, 3.8) is 0 Å². The second-order valence-corrected chi connectivity index (χ2v) is 5.07. The van der Waals surface area contributed by atoms with Gasteiger partial charge in [-0.25, -0.2) is 4.79 Å². The Morgan fingerprint density at radius 1 is 1.04 bits per heavy atom. The minimum absolute atomic E-state index is 0.242. The molecule has 0 aromatic heterocycles. The first-order valence-electron chi connectivity index (χ1n) is 7.52. The van der Waals surface area contributed by atoms with Crippen LogP contribution in [-0.4, -0.2) is 17.5 Å². The van der Waals surface area contributed by atoms with Crippen molar-refractivity contribution in [1.82, 2.24) is 4.90 Å². The molecule has 0 aliphatic heterocycles. The summed E-state index contributed by atoms with van der Waals surface area (Å²) < 4.78 is 5.44. The molecular formula is C20H21NO2. The second kappa shape index (κ2) is 8.59. The molecule has 0 saturated heterocycles. The van der Waals surface area contributed by atoms with Crippen molar-refractivity contribution in [3.8, 4) is 0 Å². The molecule has 2 aromatic rings. The molecule has 1 amide bonds. The average molecular weight is 307 g/mol. The lowest BCUT2D eigenvalue weighted by Gasteiger charge is -2.28. The summed E-state index contributed by atoms with van der Waals surface area (Å²) in [6, 6.07) is 19.1. The fraction of sp³-hybridized carbons (Fsp3) is 0.150. The lowest BCUT2D eigenvalue weighted by molar-refractivity contribution is 0.0918. The number of carbonyl (C=O) groups excluding carboxylic acids is 1. The summed E-state index contributed by atoms with van der Waals surface area (Å²) in [5.74, 6) is 0. The third-order valence-electron chi connectivity index (χ3n) is 3.47. The topological polar surface area (TPSA) is 29.5 Å². The molecule has 0 unspecified atom stereocenters. The Balaban J connectivity index is 2.11. The quantitative estimate of drug-likeness (QED) is 0.692. The van der Waals surface area contributed by atoms with E-state index in [0.717, 1.165) is 11.1 Å². The van der Waals surface area contributed by atoms with Crippen LogP contribution in [0.4, 0.5) is 4.79 Å². The summed E-state index contributed by atoms with van der Waals surface area (Å²) in [5, 5.41) is 0. The van der Waals surface area contributed by atoms with E-state index in [9.17, 15) is 4.79 Å². The number of ether oxygens (including phenoxy) is 1. The fourth-order valence-corrected chi connectivity index (χ4v) is 2.34. The van der Waals surface area contributed by atoms with Gasteiger partial charge in [0.15, 0.2) is 0 Å². The molecular weight excluding hydrogens is 286 g/mol. The van der Waals surface area contributed by atoms with Crippen molar-refractivity contribution in [2.75, 3.05) is 6.54 Å². The lowest BCUT2D eigenvalue weighted by Crippen LogP contribution is -2.34. The molecule has 0 spiro atoms. The minimum atomic E-state index is -0.387. The predicted molar refractivity (Wildman–Crippen MR) is 92.9 cm³/mol. The van der Waals surface area contributed by atoms with E-state index in [1.54, 1.807) is 17.1 Å². The standard InChI is InChI=1S/C20H21NO2/c1-3-15-21(19(4-2)18-13-9-6-10-14-18)20(22)23-16-17-11-7-5-8-12-17/h3-14,19H,1-2,15-16H2/t19-/m0/s1. The van der Waals surface area contributed by atoms with Crippen LogP contribution in [0, 0.1) is 0 Å². The Labute approximate surface area is 137 Å². The van der Waals surface area contributed by atoms with Crippen molar-refractivity contribution in [2.45, 2.75) is 12.6 Å². The van der Waals surface area contributed by atoms with Gasteiger partial charge in [0.05, 0.1) is 6.04 Å². The van der Waals surface area contributed by atoms with E-state index in [4.69, 9.17) is 4.74 Å². The van der Waals surface area contributed by atoms with Crippen LogP contribution in [0.1, 0.15) is 17.2 Å². The van der Waals surface area contributed by atoms with E-state index in [2.05, 4.69) is 13.2 Å². The van der Waals surface area contributed by atoms with Crippen LogP contribution in [-0.2, 0) is 11.3 Å². The third-order valence-corrected chi connectivity index (χ3v) is 3.47. The Kier molecular flexibility index (Phi) is 6.18. The van der Waals surface area contributed by atoms with Crippen molar-refractivity contribution >= 4 is 6.09 Å². The molecule has 0 fully saturated rings. The summed E-state index contributed by atoms with van der Waals surface area (Å²) in [4.78, 5) is 14.1. The van der Waals surface area contributed by atoms with E-state index in [0.29, 0.717) is 6.54 Å². The number of nitrogens with zero attached hydrogens (tertiary/aromatic N) is 1. The van der Waals surface area contributed by atoms with Crippen LogP contribution >= 0.6 is 0 Å². The van der Waals surface area contributed by atoms with Gasteiger partial charge in [0.25, 0.3) is 0 Å². The van der Waals surface area contributed by atoms with E-state index in [1.807, 2.05) is 60.7 Å². The summed E-state index contributed by atoms with van der Waals surface area (Å²) in [7, 11) is 0. The highest BCUT2D eigenvalue weighted by Crippen LogP contribution is 2.22. The van der Waals surface area contributed by atoms with Crippen molar-refractivity contribution in [1.29, 1.82) is 0 Å². The molecule has 0 aliphatic carbocycles. The van der Waals surface area contributed by atoms with E-state index in [-0.39, 0.29) is 18.7 Å². The first-order chi connectivity index (χ1) is 11.3. The Hall–Kier alpha value is -2.81. The number of carbonyl (C=O) groups is 1. The van der Waals surface area contributed by atoms with Gasteiger partial charge in [-0.1, -0.05) is 72.8 Å². The second-order valence-electron chi connectivity index (χ2n) is 5.07. The number of rotatable bonds is 7. The largest absolute Gasteiger partial charge is 0.445 e. The molecule has 2 rings (SSSR count). The predicted octanol–water partition coefficient (Wildman–Crippen LogP) is 4.74. The molecule has 0 heterocycles. The van der Waals surface area contributed by atoms with E-state index < -0.39 is 0 Å². The highest BCUT2D eigenvalue weighted by atomic mass is 16.6. The fourth-order valence-electron chi connectivity index (χ4n) is 2.34. The Bertz CT molecular complexity index is 637. The van der Waals surface area contributed by atoms with Crippen LogP contribution < -0.4 is 0 Å². The molecule has 0 aliphatic rings. The maximum Gasteiger partial charge on any atom is 0.411 e. The Morgan fingerprint density at radius 3 is 2.22 bits per heavy atom. The zero-order valence-electron chi connectivity index (χ0n) is 13.1. The average Bonchev–Trinajstić information content (AvgIpc) is 2.61. The van der Waals surface area contributed by atoms with E-state index in [1.165, 1.54) is 0 Å². The van der Waals surface area contributed by atoms with Gasteiger partial charge in [-0.2, -0.15) is 0 Å². The minimum Gasteiger partial charge on any atom is -0.445 e. The van der Waals surface area contributed by atoms with Gasteiger partial charge in [-0.05, 0) is 11.1 Å². The molecule has 0 radical (unpaired) electrons. The van der Waals surface area contributed by atoms with Gasteiger partial charge in [-0.15, -0.1) is 13.2 Å². The molecule has 2 aromatic carbocycles. The molecule has 118 valence electrons. The highest BCUT2D eigenvalue weighted by Gasteiger charge is 2.23. The number of amides is 1. The number of hydrogen-bond acceptors (Lipinski definition) is 2.